The van der Waals surface area contributed by atoms with Crippen LogP contribution in [0.15, 0.2) is 36.4 Å². The molecule has 0 spiro atoms. The number of phenols is 1. The van der Waals surface area contributed by atoms with Crippen molar-refractivity contribution in [2.75, 3.05) is 12.4 Å². The molecule has 2 N–H and O–H groups in total. The number of ether oxygens (including phenoxy) is 1. The number of esters is 1. The van der Waals surface area contributed by atoms with Crippen LogP contribution in [0.1, 0.15) is 24.2 Å². The van der Waals surface area contributed by atoms with Gasteiger partial charge in [-0.25, -0.2) is 13.6 Å². The maximum atomic E-state index is 14.0. The van der Waals surface area contributed by atoms with Crippen LogP contribution in [0, 0.1) is 11.6 Å². The number of carbonyl (C=O) groups excluding carboxylic acids is 3. The van der Waals surface area contributed by atoms with E-state index in [4.69, 9.17) is 4.74 Å². The molecule has 2 aromatic rings. The molecular weight excluding hydrogens is 404 g/mol. The molecular formula is C20H19F2NO5S. The van der Waals surface area contributed by atoms with Gasteiger partial charge in [0.25, 0.3) is 0 Å². The summed E-state index contributed by atoms with van der Waals surface area (Å²) in [5, 5.41) is 11.8. The number of carbonyl (C=O) groups is 3. The second-order valence-corrected chi connectivity index (χ2v) is 6.95. The van der Waals surface area contributed by atoms with Crippen LogP contribution < -0.4 is 5.32 Å². The van der Waals surface area contributed by atoms with Crippen molar-refractivity contribution in [1.29, 1.82) is 0 Å². The van der Waals surface area contributed by atoms with Gasteiger partial charge in [0.2, 0.25) is 11.0 Å². The Morgan fingerprint density at radius 1 is 1.17 bits per heavy atom. The number of amides is 1. The molecule has 0 aromatic heterocycles. The van der Waals surface area contributed by atoms with E-state index in [1.54, 1.807) is 6.92 Å². The van der Waals surface area contributed by atoms with Gasteiger partial charge in [-0.1, -0.05) is 17.8 Å². The van der Waals surface area contributed by atoms with Crippen molar-refractivity contribution in [3.8, 4) is 16.9 Å². The normalized spacial score (nSPS) is 11.6. The summed E-state index contributed by atoms with van der Waals surface area (Å²) >= 11 is 0.690. The Kier molecular flexibility index (Phi) is 7.72. The second kappa shape index (κ2) is 10.0. The minimum absolute atomic E-state index is 0.0631. The zero-order valence-corrected chi connectivity index (χ0v) is 16.5. The fraction of sp³-hybridized carbons (Fsp3) is 0.250. The highest BCUT2D eigenvalue weighted by atomic mass is 32.2. The average Bonchev–Trinajstić information content (AvgIpc) is 2.65. The summed E-state index contributed by atoms with van der Waals surface area (Å²) in [7, 11) is 0. The molecule has 154 valence electrons. The van der Waals surface area contributed by atoms with E-state index in [0.717, 1.165) is 12.1 Å². The molecule has 1 atom stereocenters. The highest BCUT2D eigenvalue weighted by Crippen LogP contribution is 2.30. The molecule has 0 saturated carbocycles. The van der Waals surface area contributed by atoms with Gasteiger partial charge in [-0.2, -0.15) is 0 Å². The van der Waals surface area contributed by atoms with Crippen LogP contribution in [0.4, 0.5) is 8.78 Å². The fourth-order valence-corrected chi connectivity index (χ4v) is 3.34. The van der Waals surface area contributed by atoms with Crippen molar-refractivity contribution in [3.05, 3.63) is 53.6 Å². The minimum Gasteiger partial charge on any atom is -0.507 e. The van der Waals surface area contributed by atoms with E-state index < -0.39 is 34.7 Å². The third kappa shape index (κ3) is 6.02. The summed E-state index contributed by atoms with van der Waals surface area (Å²) in [6, 6.07) is 5.88. The number of thioether (sulfide) groups is 1. The maximum Gasteiger partial charge on any atom is 0.329 e. The van der Waals surface area contributed by atoms with Gasteiger partial charge in [0.15, 0.2) is 0 Å². The average molecular weight is 423 g/mol. The number of aromatic hydroxyl groups is 1. The van der Waals surface area contributed by atoms with Crippen molar-refractivity contribution in [2.24, 2.45) is 0 Å². The summed E-state index contributed by atoms with van der Waals surface area (Å²) in [5.74, 6) is -3.15. The number of benzene rings is 2. The lowest BCUT2D eigenvalue weighted by Crippen LogP contribution is -2.42. The molecule has 2 aromatic carbocycles. The fourth-order valence-electron chi connectivity index (χ4n) is 2.48. The number of nitrogens with one attached hydrogen (secondary N) is 1. The van der Waals surface area contributed by atoms with Gasteiger partial charge in [-0.05, 0) is 36.8 Å². The summed E-state index contributed by atoms with van der Waals surface area (Å²) < 4.78 is 32.0. The zero-order chi connectivity index (χ0) is 21.6. The Hall–Kier alpha value is -2.94. The first-order chi connectivity index (χ1) is 13.7. The first-order valence-electron chi connectivity index (χ1n) is 8.62. The lowest BCUT2D eigenvalue weighted by atomic mass is 10.0. The van der Waals surface area contributed by atoms with Gasteiger partial charge in [-0.15, -0.1) is 0 Å². The van der Waals surface area contributed by atoms with E-state index in [2.05, 4.69) is 5.32 Å². The van der Waals surface area contributed by atoms with Crippen molar-refractivity contribution < 1.29 is 33.0 Å². The Morgan fingerprint density at radius 2 is 1.90 bits per heavy atom. The highest BCUT2D eigenvalue weighted by Gasteiger charge is 2.24. The third-order valence-corrected chi connectivity index (χ3v) is 4.77. The summed E-state index contributed by atoms with van der Waals surface area (Å²) in [5.41, 5.74) is 0.225. The van der Waals surface area contributed by atoms with Gasteiger partial charge in [0.1, 0.15) is 23.4 Å². The minimum atomic E-state index is -1.04. The zero-order valence-electron chi connectivity index (χ0n) is 15.7. The lowest BCUT2D eigenvalue weighted by molar-refractivity contribution is -0.146. The largest absolute Gasteiger partial charge is 0.507 e. The smallest absolute Gasteiger partial charge is 0.329 e. The summed E-state index contributed by atoms with van der Waals surface area (Å²) in [4.78, 5) is 35.7. The molecule has 0 heterocycles. The van der Waals surface area contributed by atoms with E-state index in [1.165, 1.54) is 31.2 Å². The van der Waals surface area contributed by atoms with Crippen LogP contribution in [0.3, 0.4) is 0 Å². The van der Waals surface area contributed by atoms with Gasteiger partial charge >= 0.3 is 5.97 Å². The van der Waals surface area contributed by atoms with Gasteiger partial charge in [0.05, 0.1) is 12.2 Å². The Morgan fingerprint density at radius 3 is 2.52 bits per heavy atom. The maximum absolute atomic E-state index is 14.0. The van der Waals surface area contributed by atoms with Crippen LogP contribution in [-0.2, 0) is 14.3 Å². The molecule has 0 saturated heterocycles. The molecule has 0 fully saturated rings. The molecule has 2 rings (SSSR count). The molecule has 9 heteroatoms. The molecule has 0 aliphatic rings. The Labute approximate surface area is 170 Å². The quantitative estimate of drug-likeness (QED) is 0.664. The SMILES string of the molecule is CCOC(=O)[C@H](CSC(=O)c1cc(-c2ccc(F)cc2F)ccc1O)NC(C)=O. The molecule has 0 bridgehead atoms. The Balaban J connectivity index is 2.21. The topological polar surface area (TPSA) is 92.7 Å². The second-order valence-electron chi connectivity index (χ2n) is 5.96. The molecule has 29 heavy (non-hydrogen) atoms. The third-order valence-electron chi connectivity index (χ3n) is 3.79. The van der Waals surface area contributed by atoms with Gasteiger partial charge < -0.3 is 15.2 Å². The molecule has 6 nitrogen and oxygen atoms in total. The van der Waals surface area contributed by atoms with E-state index >= 15 is 0 Å². The lowest BCUT2D eigenvalue weighted by Gasteiger charge is -2.15. The Bertz CT molecular complexity index is 935. The van der Waals surface area contributed by atoms with E-state index in [1.807, 2.05) is 0 Å². The molecule has 0 aliphatic carbocycles. The van der Waals surface area contributed by atoms with Crippen LogP contribution in [-0.4, -0.2) is 40.5 Å². The van der Waals surface area contributed by atoms with Gasteiger partial charge in [0, 0.05) is 24.3 Å². The van der Waals surface area contributed by atoms with Crippen molar-refractivity contribution in [2.45, 2.75) is 19.9 Å². The van der Waals surface area contributed by atoms with Crippen molar-refractivity contribution >= 4 is 28.8 Å². The first kappa shape index (κ1) is 22.4. The molecule has 1 amide bonds. The predicted octanol–water partition coefficient (Wildman–Crippen LogP) is 3.28. The van der Waals surface area contributed by atoms with Crippen LogP contribution in [0.25, 0.3) is 11.1 Å². The molecule has 0 unspecified atom stereocenters. The van der Waals surface area contributed by atoms with Crippen molar-refractivity contribution in [3.63, 3.8) is 0 Å². The number of halogens is 2. The first-order valence-corrected chi connectivity index (χ1v) is 9.60. The summed E-state index contributed by atoms with van der Waals surface area (Å²) in [6.07, 6.45) is 0. The van der Waals surface area contributed by atoms with Crippen molar-refractivity contribution in [1.82, 2.24) is 5.32 Å². The number of phenolic OH excluding ortho intramolecular Hbond substituents is 1. The number of rotatable bonds is 7. The standard InChI is InChI=1S/C20H19F2NO5S/c1-3-28-19(26)17(23-11(2)24)10-29-20(27)15-8-12(4-7-18(15)25)14-6-5-13(21)9-16(14)22/h4-9,17,25H,3,10H2,1-2H3,(H,23,24)/t17-/m0/s1. The van der Waals surface area contributed by atoms with E-state index in [0.29, 0.717) is 11.8 Å². The molecule has 0 aliphatic heterocycles. The number of hydrogen-bond acceptors (Lipinski definition) is 6. The van der Waals surface area contributed by atoms with Gasteiger partial charge in [-0.3, -0.25) is 9.59 Å². The number of hydrogen-bond donors (Lipinski definition) is 2. The highest BCUT2D eigenvalue weighted by molar-refractivity contribution is 8.14. The molecule has 0 radical (unpaired) electrons. The summed E-state index contributed by atoms with van der Waals surface area (Å²) in [6.45, 7) is 2.95. The predicted molar refractivity (Wildman–Crippen MR) is 104 cm³/mol. The monoisotopic (exact) mass is 423 g/mol. The van der Waals surface area contributed by atoms with Crippen LogP contribution in [0.2, 0.25) is 0 Å². The van der Waals surface area contributed by atoms with E-state index in [-0.39, 0.29) is 34.8 Å². The van der Waals surface area contributed by atoms with Crippen LogP contribution >= 0.6 is 11.8 Å². The van der Waals surface area contributed by atoms with Crippen LogP contribution in [0.5, 0.6) is 5.75 Å². The van der Waals surface area contributed by atoms with E-state index in [9.17, 15) is 28.3 Å².